The van der Waals surface area contributed by atoms with Crippen molar-refractivity contribution in [2.75, 3.05) is 13.2 Å². The number of benzene rings is 1. The van der Waals surface area contributed by atoms with Gasteiger partial charge in [-0.25, -0.2) is 4.79 Å². The van der Waals surface area contributed by atoms with Crippen LogP contribution in [-0.2, 0) is 4.74 Å². The Morgan fingerprint density at radius 2 is 2.00 bits per heavy atom. The van der Waals surface area contributed by atoms with Gasteiger partial charge in [0, 0.05) is 12.1 Å². The summed E-state index contributed by atoms with van der Waals surface area (Å²) < 4.78 is 10.7. The molecule has 138 valence electrons. The van der Waals surface area contributed by atoms with Crippen LogP contribution in [0.25, 0.3) is 11.3 Å². The van der Waals surface area contributed by atoms with Crippen LogP contribution < -0.4 is 10.7 Å². The van der Waals surface area contributed by atoms with E-state index in [0.29, 0.717) is 28.8 Å². The summed E-state index contributed by atoms with van der Waals surface area (Å²) in [5, 5.41) is 7.60. The molecule has 0 aliphatic carbocycles. The lowest BCUT2D eigenvalue weighted by Gasteiger charge is -2.04. The summed E-state index contributed by atoms with van der Waals surface area (Å²) in [6, 6.07) is 10.7. The van der Waals surface area contributed by atoms with E-state index < -0.39 is 0 Å². The number of nitrogens with one attached hydrogen (secondary N) is 2. The maximum atomic E-state index is 11.7. The summed E-state index contributed by atoms with van der Waals surface area (Å²) in [7, 11) is 0. The summed E-state index contributed by atoms with van der Waals surface area (Å²) in [5.74, 6) is 0.949. The summed E-state index contributed by atoms with van der Waals surface area (Å²) in [6.45, 7) is 5.08. The van der Waals surface area contributed by atoms with Gasteiger partial charge >= 0.3 is 5.97 Å². The Morgan fingerprint density at radius 1 is 1.23 bits per heavy atom. The van der Waals surface area contributed by atoms with Crippen LogP contribution in [0.2, 0.25) is 0 Å². The lowest BCUT2D eigenvalue weighted by atomic mass is 10.1. The van der Waals surface area contributed by atoms with Crippen LogP contribution in [-0.4, -0.2) is 30.4 Å². The molecule has 7 heteroatoms. The number of nitrogens with zero attached hydrogens (tertiary/aromatic N) is 1. The van der Waals surface area contributed by atoms with Crippen molar-refractivity contribution >= 4 is 29.5 Å². The SMILES string of the molecule is CCCCNC(=S)N/N=C\c1ccc(-c2ccc(C(=O)OCC)cc2)o1. The van der Waals surface area contributed by atoms with E-state index in [9.17, 15) is 4.79 Å². The Bertz CT molecular complexity index is 754. The maximum absolute atomic E-state index is 11.7. The number of hydrazone groups is 1. The van der Waals surface area contributed by atoms with E-state index in [-0.39, 0.29) is 5.97 Å². The van der Waals surface area contributed by atoms with Crippen LogP contribution in [0, 0.1) is 0 Å². The van der Waals surface area contributed by atoms with Gasteiger partial charge in [0.05, 0.1) is 18.4 Å². The molecule has 0 radical (unpaired) electrons. The molecule has 0 aliphatic rings. The zero-order valence-electron chi connectivity index (χ0n) is 15.0. The van der Waals surface area contributed by atoms with Gasteiger partial charge in [0.1, 0.15) is 11.5 Å². The van der Waals surface area contributed by atoms with Crippen molar-refractivity contribution in [3.8, 4) is 11.3 Å². The first-order valence-corrected chi connectivity index (χ1v) is 8.99. The lowest BCUT2D eigenvalue weighted by Crippen LogP contribution is -2.32. The molecule has 1 aromatic heterocycles. The molecule has 2 aromatic rings. The van der Waals surface area contributed by atoms with E-state index in [0.717, 1.165) is 24.9 Å². The molecular formula is C19H23N3O3S. The van der Waals surface area contributed by atoms with Crippen LogP contribution >= 0.6 is 12.2 Å². The largest absolute Gasteiger partial charge is 0.462 e. The van der Waals surface area contributed by atoms with Gasteiger partial charge in [-0.05, 0) is 49.8 Å². The average molecular weight is 373 g/mol. The maximum Gasteiger partial charge on any atom is 0.338 e. The third kappa shape index (κ3) is 6.00. The van der Waals surface area contributed by atoms with E-state index in [1.54, 1.807) is 25.3 Å². The number of unbranched alkanes of at least 4 members (excludes halogenated alkanes) is 1. The minimum Gasteiger partial charge on any atom is -0.462 e. The van der Waals surface area contributed by atoms with Crippen LogP contribution in [0.4, 0.5) is 0 Å². The van der Waals surface area contributed by atoms with E-state index in [4.69, 9.17) is 21.4 Å². The third-order valence-electron chi connectivity index (χ3n) is 3.48. The molecule has 0 unspecified atom stereocenters. The third-order valence-corrected chi connectivity index (χ3v) is 3.72. The Labute approximate surface area is 158 Å². The number of thiocarbonyl (C=S) groups is 1. The fourth-order valence-corrected chi connectivity index (χ4v) is 2.29. The number of rotatable bonds is 8. The van der Waals surface area contributed by atoms with Crippen molar-refractivity contribution in [3.05, 3.63) is 47.7 Å². The van der Waals surface area contributed by atoms with Crippen molar-refractivity contribution in [3.63, 3.8) is 0 Å². The molecule has 6 nitrogen and oxygen atoms in total. The number of ether oxygens (including phenoxy) is 1. The van der Waals surface area contributed by atoms with Gasteiger partial charge in [-0.15, -0.1) is 0 Å². The molecule has 1 aromatic carbocycles. The zero-order valence-corrected chi connectivity index (χ0v) is 15.8. The molecule has 2 N–H and O–H groups in total. The number of furan rings is 1. The van der Waals surface area contributed by atoms with Gasteiger partial charge in [-0.2, -0.15) is 5.10 Å². The number of carbonyl (C=O) groups excluding carboxylic acids is 1. The van der Waals surface area contributed by atoms with Crippen molar-refractivity contribution in [1.29, 1.82) is 0 Å². The predicted molar refractivity (Wildman–Crippen MR) is 106 cm³/mol. The summed E-state index contributed by atoms with van der Waals surface area (Å²) >= 11 is 5.11. The minimum absolute atomic E-state index is 0.332. The molecular weight excluding hydrogens is 350 g/mol. The van der Waals surface area contributed by atoms with Gasteiger partial charge in [0.15, 0.2) is 5.11 Å². The van der Waals surface area contributed by atoms with Crippen LogP contribution in [0.5, 0.6) is 0 Å². The van der Waals surface area contributed by atoms with Crippen LogP contribution in [0.1, 0.15) is 42.8 Å². The zero-order chi connectivity index (χ0) is 18.8. The van der Waals surface area contributed by atoms with Crippen molar-refractivity contribution < 1.29 is 13.9 Å². The summed E-state index contributed by atoms with van der Waals surface area (Å²) in [5.41, 5.74) is 4.12. The quantitative estimate of drug-likeness (QED) is 0.241. The molecule has 1 heterocycles. The topological polar surface area (TPSA) is 75.9 Å². The molecule has 0 aliphatic heterocycles. The second-order valence-corrected chi connectivity index (χ2v) is 5.89. The highest BCUT2D eigenvalue weighted by molar-refractivity contribution is 7.80. The predicted octanol–water partition coefficient (Wildman–Crippen LogP) is 3.72. The fraction of sp³-hybridized carbons (Fsp3) is 0.316. The minimum atomic E-state index is -0.332. The standard InChI is InChI=1S/C19H23N3O3S/c1-3-5-12-20-19(26)22-21-13-16-10-11-17(25-16)14-6-8-15(9-7-14)18(23)24-4-2/h6-11,13H,3-5,12H2,1-2H3,(H2,20,22,26)/b21-13-. The number of hydrogen-bond acceptors (Lipinski definition) is 5. The smallest absolute Gasteiger partial charge is 0.338 e. The molecule has 0 fully saturated rings. The molecule has 0 saturated carbocycles. The van der Waals surface area contributed by atoms with Crippen molar-refractivity contribution in [2.24, 2.45) is 5.10 Å². The Balaban J connectivity index is 1.91. The van der Waals surface area contributed by atoms with Gasteiger partial charge in [0.2, 0.25) is 0 Å². The molecule has 2 rings (SSSR count). The highest BCUT2D eigenvalue weighted by atomic mass is 32.1. The molecule has 0 saturated heterocycles. The van der Waals surface area contributed by atoms with E-state index in [1.807, 2.05) is 24.3 Å². The van der Waals surface area contributed by atoms with Gasteiger partial charge in [-0.1, -0.05) is 25.5 Å². The molecule has 0 spiro atoms. The highest BCUT2D eigenvalue weighted by Crippen LogP contribution is 2.22. The van der Waals surface area contributed by atoms with Crippen LogP contribution in [0.3, 0.4) is 0 Å². The number of esters is 1. The number of carbonyl (C=O) groups is 1. The average Bonchev–Trinajstić information content (AvgIpc) is 3.11. The highest BCUT2D eigenvalue weighted by Gasteiger charge is 2.08. The van der Waals surface area contributed by atoms with E-state index >= 15 is 0 Å². The normalized spacial score (nSPS) is 10.7. The second kappa shape index (κ2) is 10.4. The first kappa shape index (κ1) is 19.7. The van der Waals surface area contributed by atoms with Gasteiger partial charge in [0.25, 0.3) is 0 Å². The second-order valence-electron chi connectivity index (χ2n) is 5.48. The van der Waals surface area contributed by atoms with E-state index in [1.165, 1.54) is 0 Å². The first-order valence-electron chi connectivity index (χ1n) is 8.58. The Hall–Kier alpha value is -2.67. The monoisotopic (exact) mass is 373 g/mol. The first-order chi connectivity index (χ1) is 12.6. The fourth-order valence-electron chi connectivity index (χ4n) is 2.14. The molecule has 0 bridgehead atoms. The Kier molecular flexibility index (Phi) is 7.82. The molecule has 0 amide bonds. The van der Waals surface area contributed by atoms with Gasteiger partial charge in [-0.3, -0.25) is 5.43 Å². The van der Waals surface area contributed by atoms with E-state index in [2.05, 4.69) is 22.8 Å². The Morgan fingerprint density at radius 3 is 2.69 bits per heavy atom. The van der Waals surface area contributed by atoms with Crippen molar-refractivity contribution in [1.82, 2.24) is 10.7 Å². The summed E-state index contributed by atoms with van der Waals surface area (Å²) in [4.78, 5) is 11.7. The number of hydrogen-bond donors (Lipinski definition) is 2. The lowest BCUT2D eigenvalue weighted by molar-refractivity contribution is 0.0526. The van der Waals surface area contributed by atoms with Crippen molar-refractivity contribution in [2.45, 2.75) is 26.7 Å². The van der Waals surface area contributed by atoms with Crippen LogP contribution in [0.15, 0.2) is 45.9 Å². The van der Waals surface area contributed by atoms with Gasteiger partial charge < -0.3 is 14.5 Å². The molecule has 26 heavy (non-hydrogen) atoms. The summed E-state index contributed by atoms with van der Waals surface area (Å²) in [6.07, 6.45) is 3.72. The molecule has 0 atom stereocenters.